The van der Waals surface area contributed by atoms with Gasteiger partial charge in [-0.2, -0.15) is 11.8 Å². The van der Waals surface area contributed by atoms with Gasteiger partial charge in [0.05, 0.1) is 6.61 Å². The number of aliphatic carboxylic acids is 1. The van der Waals surface area contributed by atoms with Crippen molar-refractivity contribution >= 4 is 23.8 Å². The molecule has 104 valence electrons. The van der Waals surface area contributed by atoms with E-state index in [2.05, 4.69) is 5.32 Å². The highest BCUT2D eigenvalue weighted by molar-refractivity contribution is 7.98. The molecule has 1 saturated heterocycles. The first-order valence-corrected chi connectivity index (χ1v) is 7.17. The Balaban J connectivity index is 2.65. The third-order valence-electron chi connectivity index (χ3n) is 3.17. The van der Waals surface area contributed by atoms with Crippen LogP contribution in [0.3, 0.4) is 0 Å². The number of nitrogens with zero attached hydrogens (tertiary/aromatic N) is 1. The lowest BCUT2D eigenvalue weighted by atomic mass is 9.99. The van der Waals surface area contributed by atoms with Gasteiger partial charge >= 0.3 is 12.0 Å². The standard InChI is InChI=1S/C11H20N2O4S/c1-8(6-18-3)13(2)10(16)12-11(9(14)15)4-5-17-7-11/h8H,4-7H2,1-3H3,(H,12,16)(H,14,15). The van der Waals surface area contributed by atoms with E-state index >= 15 is 0 Å². The molecular weight excluding hydrogens is 256 g/mol. The van der Waals surface area contributed by atoms with Crippen molar-refractivity contribution in [2.24, 2.45) is 0 Å². The zero-order valence-corrected chi connectivity index (χ0v) is 11.7. The van der Waals surface area contributed by atoms with Gasteiger partial charge < -0.3 is 20.1 Å². The number of nitrogens with one attached hydrogen (secondary N) is 1. The Morgan fingerprint density at radius 3 is 2.72 bits per heavy atom. The number of carboxylic acids is 1. The Kier molecular flexibility index (Phi) is 5.28. The van der Waals surface area contributed by atoms with Gasteiger partial charge in [-0.3, -0.25) is 0 Å². The molecule has 18 heavy (non-hydrogen) atoms. The summed E-state index contributed by atoms with van der Waals surface area (Å²) < 4.78 is 5.09. The van der Waals surface area contributed by atoms with Crippen LogP contribution < -0.4 is 5.32 Å². The van der Waals surface area contributed by atoms with Crippen molar-refractivity contribution < 1.29 is 19.4 Å². The van der Waals surface area contributed by atoms with Crippen LogP contribution >= 0.6 is 11.8 Å². The first-order chi connectivity index (χ1) is 8.43. The van der Waals surface area contributed by atoms with Gasteiger partial charge in [0.25, 0.3) is 0 Å². The normalized spacial score (nSPS) is 24.6. The van der Waals surface area contributed by atoms with E-state index in [-0.39, 0.29) is 18.7 Å². The Hall–Kier alpha value is -0.950. The highest BCUT2D eigenvalue weighted by Crippen LogP contribution is 2.19. The topological polar surface area (TPSA) is 78.9 Å². The number of urea groups is 1. The van der Waals surface area contributed by atoms with Crippen LogP contribution in [-0.2, 0) is 9.53 Å². The van der Waals surface area contributed by atoms with Crippen LogP contribution in [0.15, 0.2) is 0 Å². The number of hydrogen-bond donors (Lipinski definition) is 2. The number of ether oxygens (including phenoxy) is 1. The van der Waals surface area contributed by atoms with Crippen LogP contribution in [0.2, 0.25) is 0 Å². The number of carbonyl (C=O) groups excluding carboxylic acids is 1. The molecular formula is C11H20N2O4S. The second kappa shape index (κ2) is 6.29. The maximum absolute atomic E-state index is 12.0. The van der Waals surface area contributed by atoms with Crippen molar-refractivity contribution in [3.05, 3.63) is 0 Å². The maximum Gasteiger partial charge on any atom is 0.332 e. The molecule has 2 atom stereocenters. The average molecular weight is 276 g/mol. The van der Waals surface area contributed by atoms with Crippen LogP contribution in [0.4, 0.5) is 4.79 Å². The van der Waals surface area contributed by atoms with Crippen molar-refractivity contribution in [2.45, 2.75) is 24.9 Å². The molecule has 0 aliphatic carbocycles. The van der Waals surface area contributed by atoms with Crippen LogP contribution in [0, 0.1) is 0 Å². The van der Waals surface area contributed by atoms with Crippen LogP contribution in [0.1, 0.15) is 13.3 Å². The van der Waals surface area contributed by atoms with Crippen LogP contribution in [-0.4, -0.2) is 65.9 Å². The SMILES string of the molecule is CSCC(C)N(C)C(=O)NC1(C(=O)O)CCOC1. The summed E-state index contributed by atoms with van der Waals surface area (Å²) in [6.45, 7) is 2.31. The van der Waals surface area contributed by atoms with E-state index in [1.807, 2.05) is 13.2 Å². The van der Waals surface area contributed by atoms with Crippen molar-refractivity contribution in [3.8, 4) is 0 Å². The van der Waals surface area contributed by atoms with E-state index in [0.29, 0.717) is 13.0 Å². The largest absolute Gasteiger partial charge is 0.479 e. The molecule has 0 aromatic heterocycles. The monoisotopic (exact) mass is 276 g/mol. The lowest BCUT2D eigenvalue weighted by molar-refractivity contribution is -0.144. The minimum absolute atomic E-state index is 0.0266. The van der Waals surface area contributed by atoms with E-state index in [0.717, 1.165) is 5.75 Å². The van der Waals surface area contributed by atoms with Gasteiger partial charge in [0, 0.05) is 31.9 Å². The molecule has 1 aliphatic heterocycles. The number of hydrogen-bond acceptors (Lipinski definition) is 4. The molecule has 6 nitrogen and oxygen atoms in total. The first kappa shape index (κ1) is 15.1. The van der Waals surface area contributed by atoms with Gasteiger partial charge in [0.2, 0.25) is 0 Å². The quantitative estimate of drug-likeness (QED) is 0.769. The Morgan fingerprint density at radius 1 is 1.61 bits per heavy atom. The predicted octanol–water partition coefficient (Wildman–Crippen LogP) is 0.623. The zero-order chi connectivity index (χ0) is 13.8. The van der Waals surface area contributed by atoms with E-state index in [9.17, 15) is 14.7 Å². The molecule has 0 radical (unpaired) electrons. The fraction of sp³-hybridized carbons (Fsp3) is 0.818. The summed E-state index contributed by atoms with van der Waals surface area (Å²) in [7, 11) is 1.67. The third-order valence-corrected chi connectivity index (χ3v) is 3.98. The van der Waals surface area contributed by atoms with E-state index in [1.54, 1.807) is 18.8 Å². The lowest BCUT2D eigenvalue weighted by Gasteiger charge is -2.30. The number of amides is 2. The predicted molar refractivity (Wildman–Crippen MR) is 69.9 cm³/mol. The molecule has 0 bridgehead atoms. The molecule has 0 aromatic rings. The summed E-state index contributed by atoms with van der Waals surface area (Å²) in [5, 5.41) is 11.8. The van der Waals surface area contributed by atoms with Crippen molar-refractivity contribution in [1.82, 2.24) is 10.2 Å². The molecule has 2 unspecified atom stereocenters. The average Bonchev–Trinajstić information content (AvgIpc) is 2.78. The molecule has 0 saturated carbocycles. The molecule has 1 fully saturated rings. The summed E-state index contributed by atoms with van der Waals surface area (Å²) in [4.78, 5) is 24.8. The van der Waals surface area contributed by atoms with Gasteiger partial charge in [-0.1, -0.05) is 0 Å². The number of carbonyl (C=O) groups is 2. The highest BCUT2D eigenvalue weighted by Gasteiger charge is 2.44. The van der Waals surface area contributed by atoms with Crippen LogP contribution in [0.5, 0.6) is 0 Å². The van der Waals surface area contributed by atoms with E-state index in [4.69, 9.17) is 4.74 Å². The molecule has 2 N–H and O–H groups in total. The van der Waals surface area contributed by atoms with Crippen molar-refractivity contribution in [3.63, 3.8) is 0 Å². The smallest absolute Gasteiger partial charge is 0.332 e. The first-order valence-electron chi connectivity index (χ1n) is 5.78. The molecule has 7 heteroatoms. The maximum atomic E-state index is 12.0. The van der Waals surface area contributed by atoms with Crippen LogP contribution in [0.25, 0.3) is 0 Å². The molecule has 0 spiro atoms. The minimum atomic E-state index is -1.27. The summed E-state index contributed by atoms with van der Waals surface area (Å²) in [5.74, 6) is -0.236. The van der Waals surface area contributed by atoms with Gasteiger partial charge in [-0.25, -0.2) is 9.59 Å². The highest BCUT2D eigenvalue weighted by atomic mass is 32.2. The summed E-state index contributed by atoms with van der Waals surface area (Å²) >= 11 is 1.64. The number of carboxylic acid groups (broad SMARTS) is 1. The fourth-order valence-electron chi connectivity index (χ4n) is 1.73. The van der Waals surface area contributed by atoms with E-state index in [1.165, 1.54) is 4.90 Å². The summed E-state index contributed by atoms with van der Waals surface area (Å²) in [5.41, 5.74) is -1.27. The Labute approximate surface area is 111 Å². The zero-order valence-electron chi connectivity index (χ0n) is 10.9. The van der Waals surface area contributed by atoms with E-state index < -0.39 is 11.5 Å². The van der Waals surface area contributed by atoms with Crippen molar-refractivity contribution in [2.75, 3.05) is 32.3 Å². The second-order valence-electron chi connectivity index (χ2n) is 4.54. The summed E-state index contributed by atoms with van der Waals surface area (Å²) in [6, 6.07) is -0.322. The molecule has 1 rings (SSSR count). The van der Waals surface area contributed by atoms with Gasteiger partial charge in [0.15, 0.2) is 5.54 Å². The van der Waals surface area contributed by atoms with Gasteiger partial charge in [0.1, 0.15) is 0 Å². The number of rotatable bonds is 5. The van der Waals surface area contributed by atoms with Gasteiger partial charge in [-0.05, 0) is 13.2 Å². The fourth-order valence-corrected chi connectivity index (χ4v) is 2.44. The lowest BCUT2D eigenvalue weighted by Crippen LogP contribution is -2.59. The number of thioether (sulfide) groups is 1. The Morgan fingerprint density at radius 2 is 2.28 bits per heavy atom. The third kappa shape index (κ3) is 3.29. The Bertz CT molecular complexity index is 318. The van der Waals surface area contributed by atoms with Gasteiger partial charge in [-0.15, -0.1) is 0 Å². The molecule has 2 amide bonds. The minimum Gasteiger partial charge on any atom is -0.479 e. The molecule has 1 heterocycles. The molecule has 1 aliphatic rings. The summed E-state index contributed by atoms with van der Waals surface area (Å²) in [6.07, 6.45) is 2.27. The second-order valence-corrected chi connectivity index (χ2v) is 5.45. The van der Waals surface area contributed by atoms with Crippen molar-refractivity contribution in [1.29, 1.82) is 0 Å². The molecule has 0 aromatic carbocycles.